The van der Waals surface area contributed by atoms with Crippen molar-refractivity contribution in [2.45, 2.75) is 57.9 Å². The van der Waals surface area contributed by atoms with Gasteiger partial charge in [0.2, 0.25) is 0 Å². The molecule has 0 aromatic heterocycles. The summed E-state index contributed by atoms with van der Waals surface area (Å²) in [5.41, 5.74) is -0.622. The zero-order chi connectivity index (χ0) is 13.4. The van der Waals surface area contributed by atoms with Gasteiger partial charge in [-0.2, -0.15) is 0 Å². The summed E-state index contributed by atoms with van der Waals surface area (Å²) in [5, 5.41) is 9.52. The zero-order valence-electron chi connectivity index (χ0n) is 11.8. The van der Waals surface area contributed by atoms with E-state index in [0.717, 1.165) is 58.2 Å². The lowest BCUT2D eigenvalue weighted by Crippen LogP contribution is -2.51. The van der Waals surface area contributed by atoms with E-state index in [2.05, 4.69) is 18.7 Å². The topological polar surface area (TPSA) is 49.8 Å². The molecule has 1 rings (SSSR count). The molecule has 106 valence electrons. The quantitative estimate of drug-likeness (QED) is 0.645. The zero-order valence-corrected chi connectivity index (χ0v) is 11.8. The fraction of sp³-hybridized carbons (Fsp3) is 0.929. The van der Waals surface area contributed by atoms with Gasteiger partial charge in [0.25, 0.3) is 0 Å². The number of ether oxygens (including phenoxy) is 1. The summed E-state index contributed by atoms with van der Waals surface area (Å²) >= 11 is 0. The molecule has 0 spiro atoms. The summed E-state index contributed by atoms with van der Waals surface area (Å²) in [6.07, 6.45) is 5.65. The van der Waals surface area contributed by atoms with E-state index in [0.29, 0.717) is 6.61 Å². The minimum atomic E-state index is -0.657. The van der Waals surface area contributed by atoms with Crippen LogP contribution in [-0.2, 0) is 9.53 Å². The van der Waals surface area contributed by atoms with Gasteiger partial charge in [0.15, 0.2) is 0 Å². The van der Waals surface area contributed by atoms with Gasteiger partial charge in [-0.15, -0.1) is 0 Å². The van der Waals surface area contributed by atoms with E-state index >= 15 is 0 Å². The molecule has 1 N–H and O–H groups in total. The molecule has 1 aliphatic rings. The molecule has 1 fully saturated rings. The Kier molecular flexibility index (Phi) is 6.65. The average molecular weight is 257 g/mol. The van der Waals surface area contributed by atoms with Crippen LogP contribution in [0.5, 0.6) is 0 Å². The number of unbranched alkanes of at least 4 members (excludes halogenated alkanes) is 1. The lowest BCUT2D eigenvalue weighted by Gasteiger charge is -2.34. The normalized spacial score (nSPS) is 24.6. The Morgan fingerprint density at radius 1 is 1.33 bits per heavy atom. The van der Waals surface area contributed by atoms with Gasteiger partial charge in [-0.1, -0.05) is 26.7 Å². The van der Waals surface area contributed by atoms with Crippen molar-refractivity contribution in [2.75, 3.05) is 26.3 Å². The monoisotopic (exact) mass is 257 g/mol. The highest BCUT2D eigenvalue weighted by molar-refractivity contribution is 5.79. The third kappa shape index (κ3) is 3.69. The maximum atomic E-state index is 11.6. The Morgan fingerprint density at radius 3 is 2.72 bits per heavy atom. The molecule has 1 saturated heterocycles. The molecular weight excluding hydrogens is 230 g/mol. The lowest BCUT2D eigenvalue weighted by atomic mass is 9.91. The largest absolute Gasteiger partial charge is 0.480 e. The van der Waals surface area contributed by atoms with Crippen molar-refractivity contribution in [1.29, 1.82) is 0 Å². The molecule has 1 unspecified atom stereocenters. The number of hydrogen-bond donors (Lipinski definition) is 1. The van der Waals surface area contributed by atoms with Crippen molar-refractivity contribution in [3.05, 3.63) is 0 Å². The summed E-state index contributed by atoms with van der Waals surface area (Å²) in [5.74, 6) is -0.657. The van der Waals surface area contributed by atoms with Crippen LogP contribution in [0.25, 0.3) is 0 Å². The Labute approximate surface area is 110 Å². The predicted octanol–water partition coefficient (Wildman–Crippen LogP) is 2.52. The van der Waals surface area contributed by atoms with Crippen LogP contribution in [0, 0.1) is 0 Å². The molecule has 0 aliphatic carbocycles. The number of carboxylic acids is 1. The average Bonchev–Trinajstić information content (AvgIpc) is 2.74. The first-order valence-electron chi connectivity index (χ1n) is 7.23. The molecule has 4 nitrogen and oxygen atoms in total. The summed E-state index contributed by atoms with van der Waals surface area (Å²) in [6, 6.07) is 0. The van der Waals surface area contributed by atoms with Gasteiger partial charge in [0, 0.05) is 13.2 Å². The summed E-state index contributed by atoms with van der Waals surface area (Å²) in [6.45, 7) is 7.27. The van der Waals surface area contributed by atoms with Gasteiger partial charge in [0.05, 0.1) is 6.61 Å². The van der Waals surface area contributed by atoms with E-state index in [4.69, 9.17) is 4.74 Å². The molecule has 0 aromatic rings. The number of likely N-dealkylation sites (tertiary alicyclic amines) is 1. The van der Waals surface area contributed by atoms with Crippen molar-refractivity contribution in [1.82, 2.24) is 4.90 Å². The molecule has 0 aromatic carbocycles. The van der Waals surface area contributed by atoms with E-state index in [-0.39, 0.29) is 0 Å². The highest BCUT2D eigenvalue weighted by Crippen LogP contribution is 2.33. The summed E-state index contributed by atoms with van der Waals surface area (Å²) in [7, 11) is 0. The predicted molar refractivity (Wildman–Crippen MR) is 71.8 cm³/mol. The number of nitrogens with zero attached hydrogens (tertiary/aromatic N) is 1. The second-order valence-corrected chi connectivity index (χ2v) is 5.14. The third-order valence-corrected chi connectivity index (χ3v) is 3.83. The maximum Gasteiger partial charge on any atom is 0.324 e. The standard InChI is InChI=1S/C14H27NO3/c1-3-5-11-18-12-10-15-9-6-8-14(15,7-4-2)13(16)17/h3-12H2,1-2H3,(H,16,17). The number of carboxylic acid groups (broad SMARTS) is 1. The van der Waals surface area contributed by atoms with E-state index in [1.165, 1.54) is 0 Å². The van der Waals surface area contributed by atoms with Gasteiger partial charge in [-0.05, 0) is 32.2 Å². The number of hydrogen-bond acceptors (Lipinski definition) is 3. The molecule has 18 heavy (non-hydrogen) atoms. The van der Waals surface area contributed by atoms with Crippen LogP contribution in [0.15, 0.2) is 0 Å². The van der Waals surface area contributed by atoms with Crippen LogP contribution in [0.3, 0.4) is 0 Å². The molecule has 4 heteroatoms. The number of rotatable bonds is 9. The highest BCUT2D eigenvalue weighted by Gasteiger charge is 2.46. The molecule has 1 heterocycles. The van der Waals surface area contributed by atoms with Gasteiger partial charge < -0.3 is 9.84 Å². The van der Waals surface area contributed by atoms with E-state index in [9.17, 15) is 9.90 Å². The Hall–Kier alpha value is -0.610. The van der Waals surface area contributed by atoms with Crippen molar-refractivity contribution in [3.8, 4) is 0 Å². The van der Waals surface area contributed by atoms with Gasteiger partial charge in [0.1, 0.15) is 5.54 Å². The first-order chi connectivity index (χ1) is 8.67. The molecule has 1 atom stereocenters. The van der Waals surface area contributed by atoms with Crippen LogP contribution in [-0.4, -0.2) is 47.8 Å². The second kappa shape index (κ2) is 7.74. The van der Waals surface area contributed by atoms with E-state index in [1.807, 2.05) is 0 Å². The van der Waals surface area contributed by atoms with Crippen LogP contribution in [0.2, 0.25) is 0 Å². The maximum absolute atomic E-state index is 11.6. The SMILES string of the molecule is CCCCOCCN1CCCC1(CCC)C(=O)O. The van der Waals surface area contributed by atoms with Crippen LogP contribution >= 0.6 is 0 Å². The van der Waals surface area contributed by atoms with Gasteiger partial charge >= 0.3 is 5.97 Å². The van der Waals surface area contributed by atoms with Crippen molar-refractivity contribution in [2.24, 2.45) is 0 Å². The Balaban J connectivity index is 2.44. The summed E-state index contributed by atoms with van der Waals surface area (Å²) in [4.78, 5) is 13.7. The van der Waals surface area contributed by atoms with Gasteiger partial charge in [-0.3, -0.25) is 9.69 Å². The van der Waals surface area contributed by atoms with Crippen molar-refractivity contribution in [3.63, 3.8) is 0 Å². The van der Waals surface area contributed by atoms with Crippen LogP contribution < -0.4 is 0 Å². The Morgan fingerprint density at radius 2 is 2.11 bits per heavy atom. The van der Waals surface area contributed by atoms with E-state index < -0.39 is 11.5 Å². The molecule has 0 saturated carbocycles. The first kappa shape index (κ1) is 15.4. The van der Waals surface area contributed by atoms with Crippen molar-refractivity contribution < 1.29 is 14.6 Å². The number of aliphatic carboxylic acids is 1. The lowest BCUT2D eigenvalue weighted by molar-refractivity contribution is -0.150. The van der Waals surface area contributed by atoms with Crippen LogP contribution in [0.1, 0.15) is 52.4 Å². The molecule has 0 radical (unpaired) electrons. The fourth-order valence-corrected chi connectivity index (χ4v) is 2.83. The summed E-state index contributed by atoms with van der Waals surface area (Å²) < 4.78 is 5.55. The Bertz CT molecular complexity index is 257. The smallest absolute Gasteiger partial charge is 0.324 e. The van der Waals surface area contributed by atoms with Gasteiger partial charge in [-0.25, -0.2) is 0 Å². The highest BCUT2D eigenvalue weighted by atomic mass is 16.5. The number of carbonyl (C=O) groups is 1. The van der Waals surface area contributed by atoms with Crippen molar-refractivity contribution >= 4 is 5.97 Å². The van der Waals surface area contributed by atoms with E-state index in [1.54, 1.807) is 0 Å². The molecule has 0 bridgehead atoms. The minimum absolute atomic E-state index is 0.622. The third-order valence-electron chi connectivity index (χ3n) is 3.83. The second-order valence-electron chi connectivity index (χ2n) is 5.14. The fourth-order valence-electron chi connectivity index (χ4n) is 2.83. The van der Waals surface area contributed by atoms with Crippen LogP contribution in [0.4, 0.5) is 0 Å². The molecule has 0 amide bonds. The minimum Gasteiger partial charge on any atom is -0.480 e. The molecule has 1 aliphatic heterocycles. The molecular formula is C14H27NO3. The first-order valence-corrected chi connectivity index (χ1v) is 7.23.